The lowest BCUT2D eigenvalue weighted by atomic mass is 9.82. The fraction of sp³-hybridized carbons (Fsp3) is 0.435. The molecule has 5 rings (SSSR count). The van der Waals surface area contributed by atoms with Crippen LogP contribution in [0.2, 0.25) is 0 Å². The summed E-state index contributed by atoms with van der Waals surface area (Å²) in [5.41, 5.74) is -0.289. The average Bonchev–Trinajstić information content (AvgIpc) is 3.47. The van der Waals surface area contributed by atoms with Gasteiger partial charge in [0.1, 0.15) is 6.10 Å². The van der Waals surface area contributed by atoms with Crippen LogP contribution >= 0.6 is 11.3 Å². The quantitative estimate of drug-likeness (QED) is 0.636. The van der Waals surface area contributed by atoms with Crippen molar-refractivity contribution < 1.29 is 9.53 Å². The summed E-state index contributed by atoms with van der Waals surface area (Å²) in [6.07, 6.45) is 7.73. The van der Waals surface area contributed by atoms with E-state index >= 15 is 0 Å². The van der Waals surface area contributed by atoms with Gasteiger partial charge in [-0.3, -0.25) is 4.79 Å². The lowest BCUT2D eigenvalue weighted by molar-refractivity contribution is -0.139. The van der Waals surface area contributed by atoms with Crippen molar-refractivity contribution in [1.82, 2.24) is 15.1 Å². The van der Waals surface area contributed by atoms with Crippen LogP contribution < -0.4 is 4.74 Å². The average molecular weight is 408 g/mol. The maximum Gasteiger partial charge on any atom is 0.241 e. The zero-order valence-corrected chi connectivity index (χ0v) is 17.2. The Balaban J connectivity index is 1.27. The highest BCUT2D eigenvalue weighted by atomic mass is 32.1. The molecule has 3 aromatic rings. The molecule has 1 aliphatic carbocycles. The molecular formula is C23H25N3O2S. The molecule has 0 spiro atoms. The highest BCUT2D eigenvalue weighted by Gasteiger charge is 2.46. The second-order valence-corrected chi connectivity index (χ2v) is 9.06. The minimum Gasteiger partial charge on any atom is -0.473 e. The van der Waals surface area contributed by atoms with E-state index in [-0.39, 0.29) is 11.5 Å². The van der Waals surface area contributed by atoms with Crippen LogP contribution in [-0.2, 0) is 10.2 Å². The first-order valence-corrected chi connectivity index (χ1v) is 11.3. The van der Waals surface area contributed by atoms with Crippen LogP contribution in [-0.4, -0.2) is 40.2 Å². The van der Waals surface area contributed by atoms with Gasteiger partial charge in [-0.15, -0.1) is 16.4 Å². The topological polar surface area (TPSA) is 55.3 Å². The lowest BCUT2D eigenvalue weighted by Crippen LogP contribution is -2.49. The van der Waals surface area contributed by atoms with Gasteiger partial charge in [0.05, 0.1) is 11.6 Å². The predicted octanol–water partition coefficient (Wildman–Crippen LogP) is 4.57. The normalized spacial score (nSPS) is 19.5. The van der Waals surface area contributed by atoms with Gasteiger partial charge in [-0.2, -0.15) is 5.10 Å². The fourth-order valence-electron chi connectivity index (χ4n) is 4.82. The summed E-state index contributed by atoms with van der Waals surface area (Å²) in [4.78, 5) is 16.8. The standard InChI is InChI=1S/C23H25N3O2S/c27-22(23(11-3-4-12-23)20-8-5-15-29-20)26-13-9-18(10-14-26)28-21-19-7-2-1-6-17(19)16-24-25-21/h1-2,5-8,15-16,18H,3-4,9-14H2. The third-order valence-corrected chi connectivity index (χ3v) is 7.48. The van der Waals surface area contributed by atoms with Crippen LogP contribution in [0.3, 0.4) is 0 Å². The van der Waals surface area contributed by atoms with Crippen LogP contribution in [0.1, 0.15) is 43.4 Å². The Morgan fingerprint density at radius 1 is 1.10 bits per heavy atom. The van der Waals surface area contributed by atoms with Crippen molar-refractivity contribution in [3.8, 4) is 5.88 Å². The number of likely N-dealkylation sites (tertiary alicyclic amines) is 1. The second-order valence-electron chi connectivity index (χ2n) is 8.11. The van der Waals surface area contributed by atoms with Crippen LogP contribution in [0, 0.1) is 0 Å². The molecule has 0 bridgehead atoms. The zero-order valence-electron chi connectivity index (χ0n) is 16.4. The van der Waals surface area contributed by atoms with Gasteiger partial charge in [0.15, 0.2) is 0 Å². The molecule has 1 aromatic carbocycles. The van der Waals surface area contributed by atoms with Gasteiger partial charge in [0.25, 0.3) is 0 Å². The summed E-state index contributed by atoms with van der Waals surface area (Å²) in [5, 5.41) is 12.4. The molecule has 3 heterocycles. The molecule has 1 amide bonds. The molecule has 150 valence electrons. The molecule has 5 nitrogen and oxygen atoms in total. The number of thiophene rings is 1. The molecule has 1 saturated heterocycles. The summed E-state index contributed by atoms with van der Waals surface area (Å²) < 4.78 is 6.21. The van der Waals surface area contributed by atoms with Gasteiger partial charge < -0.3 is 9.64 Å². The van der Waals surface area contributed by atoms with E-state index in [1.54, 1.807) is 17.5 Å². The molecular weight excluding hydrogens is 382 g/mol. The Bertz CT molecular complexity index is 985. The molecule has 6 heteroatoms. The van der Waals surface area contributed by atoms with E-state index in [2.05, 4.69) is 32.6 Å². The molecule has 0 radical (unpaired) electrons. The SMILES string of the molecule is O=C(N1CCC(Oc2nncc3ccccc23)CC1)C1(c2cccs2)CCCC1. The van der Waals surface area contributed by atoms with Crippen molar-refractivity contribution >= 4 is 28.0 Å². The van der Waals surface area contributed by atoms with E-state index in [0.29, 0.717) is 11.8 Å². The van der Waals surface area contributed by atoms with Crippen molar-refractivity contribution in [3.63, 3.8) is 0 Å². The number of carbonyl (C=O) groups excluding carboxylic acids is 1. The number of piperidine rings is 1. The van der Waals surface area contributed by atoms with Gasteiger partial charge in [-0.1, -0.05) is 37.1 Å². The highest BCUT2D eigenvalue weighted by molar-refractivity contribution is 7.10. The molecule has 2 aromatic heterocycles. The van der Waals surface area contributed by atoms with E-state index in [0.717, 1.165) is 62.4 Å². The first-order chi connectivity index (χ1) is 14.3. The molecule has 1 aliphatic heterocycles. The predicted molar refractivity (Wildman–Crippen MR) is 114 cm³/mol. The lowest BCUT2D eigenvalue weighted by Gasteiger charge is -2.38. The number of fused-ring (bicyclic) bond motifs is 1. The monoisotopic (exact) mass is 407 g/mol. The fourth-order valence-corrected chi connectivity index (χ4v) is 5.80. The smallest absolute Gasteiger partial charge is 0.241 e. The van der Waals surface area contributed by atoms with E-state index < -0.39 is 0 Å². The summed E-state index contributed by atoms with van der Waals surface area (Å²) in [6, 6.07) is 12.2. The molecule has 2 aliphatic rings. The number of rotatable bonds is 4. The van der Waals surface area contributed by atoms with E-state index in [1.165, 1.54) is 4.88 Å². The van der Waals surface area contributed by atoms with E-state index in [9.17, 15) is 4.79 Å². The third-order valence-electron chi connectivity index (χ3n) is 6.40. The van der Waals surface area contributed by atoms with E-state index in [4.69, 9.17) is 4.74 Å². The van der Waals surface area contributed by atoms with Gasteiger partial charge in [-0.25, -0.2) is 0 Å². The number of aromatic nitrogens is 2. The zero-order chi connectivity index (χ0) is 19.7. The van der Waals surface area contributed by atoms with Crippen LogP contribution in [0.4, 0.5) is 0 Å². The molecule has 29 heavy (non-hydrogen) atoms. The number of benzene rings is 1. The van der Waals surface area contributed by atoms with Gasteiger partial charge in [0, 0.05) is 41.6 Å². The van der Waals surface area contributed by atoms with Crippen molar-refractivity contribution in [2.24, 2.45) is 0 Å². The summed E-state index contributed by atoms with van der Waals surface area (Å²) in [6.45, 7) is 1.49. The maximum atomic E-state index is 13.5. The summed E-state index contributed by atoms with van der Waals surface area (Å²) in [7, 11) is 0. The Hall–Kier alpha value is -2.47. The molecule has 1 saturated carbocycles. The number of ether oxygens (including phenoxy) is 1. The van der Waals surface area contributed by atoms with Crippen LogP contribution in [0.15, 0.2) is 48.0 Å². The number of carbonyl (C=O) groups is 1. The number of nitrogens with zero attached hydrogens (tertiary/aromatic N) is 3. The van der Waals surface area contributed by atoms with Crippen LogP contribution in [0.25, 0.3) is 10.8 Å². The van der Waals surface area contributed by atoms with Crippen molar-refractivity contribution in [1.29, 1.82) is 0 Å². The third kappa shape index (κ3) is 3.39. The van der Waals surface area contributed by atoms with E-state index in [1.807, 2.05) is 24.3 Å². The first kappa shape index (κ1) is 18.6. The molecule has 0 atom stereocenters. The Morgan fingerprint density at radius 3 is 2.66 bits per heavy atom. The van der Waals surface area contributed by atoms with Crippen molar-refractivity contribution in [2.45, 2.75) is 50.0 Å². The number of amides is 1. The number of hydrogen-bond acceptors (Lipinski definition) is 5. The minimum absolute atomic E-state index is 0.0698. The summed E-state index contributed by atoms with van der Waals surface area (Å²) >= 11 is 1.73. The Labute approximate surface area is 174 Å². The number of hydrogen-bond donors (Lipinski definition) is 0. The van der Waals surface area contributed by atoms with Crippen molar-refractivity contribution in [3.05, 3.63) is 52.9 Å². The molecule has 0 unspecified atom stereocenters. The second kappa shape index (κ2) is 7.75. The van der Waals surface area contributed by atoms with Gasteiger partial charge in [0.2, 0.25) is 11.8 Å². The highest BCUT2D eigenvalue weighted by Crippen LogP contribution is 2.45. The van der Waals surface area contributed by atoms with Crippen molar-refractivity contribution in [2.75, 3.05) is 13.1 Å². The molecule has 2 fully saturated rings. The minimum atomic E-state index is -0.289. The largest absolute Gasteiger partial charge is 0.473 e. The van der Waals surface area contributed by atoms with Gasteiger partial charge >= 0.3 is 0 Å². The summed E-state index contributed by atoms with van der Waals surface area (Å²) in [5.74, 6) is 0.916. The Morgan fingerprint density at radius 2 is 1.90 bits per heavy atom. The Kier molecular flexibility index (Phi) is 4.96. The van der Waals surface area contributed by atoms with Crippen LogP contribution in [0.5, 0.6) is 5.88 Å². The first-order valence-electron chi connectivity index (χ1n) is 10.5. The van der Waals surface area contributed by atoms with Gasteiger partial charge in [-0.05, 0) is 30.4 Å². The maximum absolute atomic E-state index is 13.5. The molecule has 0 N–H and O–H groups in total.